The number of hydrogen-bond acceptors (Lipinski definition) is 4. The number of pyridine rings is 2. The van der Waals surface area contributed by atoms with Gasteiger partial charge in [-0.25, -0.2) is 0 Å². The standard InChI is InChI=1S/C40H22Cl2N2O2S2/c41-31-9-3-1-7-25(31)23-13-15-33-27(19-23)39(45)29-21-36-30(22-35(29)43(33)37-11-5-17-47-37)40(46)28-20-24(26-8-2-4-10-32(26)42)14-16-34(28)44(36)38-12-6-18-48-38/h1-22H. The molecule has 4 nitrogen and oxygen atoms in total. The normalized spacial score (nSPS) is 11.7. The van der Waals surface area contributed by atoms with Crippen LogP contribution in [-0.2, 0) is 0 Å². The van der Waals surface area contributed by atoms with Crippen LogP contribution in [0.1, 0.15) is 0 Å². The number of hydrogen-bond donors (Lipinski definition) is 0. The molecular formula is C40H22Cl2N2O2S2. The van der Waals surface area contributed by atoms with E-state index >= 15 is 0 Å². The zero-order chi connectivity index (χ0) is 32.5. The molecule has 9 aromatic rings. The fraction of sp³-hybridized carbons (Fsp3) is 0. The van der Waals surface area contributed by atoms with Crippen LogP contribution in [-0.4, -0.2) is 9.13 Å². The molecule has 230 valence electrons. The van der Waals surface area contributed by atoms with Crippen molar-refractivity contribution in [1.29, 1.82) is 0 Å². The molecule has 0 radical (unpaired) electrons. The molecular weight excluding hydrogens is 675 g/mol. The third kappa shape index (κ3) is 4.49. The predicted octanol–water partition coefficient (Wildman–Crippen LogP) is 11.4. The number of aromatic nitrogens is 2. The molecule has 9 rings (SSSR count). The first-order chi connectivity index (χ1) is 23.5. The summed E-state index contributed by atoms with van der Waals surface area (Å²) in [4.78, 5) is 29.1. The highest BCUT2D eigenvalue weighted by molar-refractivity contribution is 7.12. The van der Waals surface area contributed by atoms with Crippen LogP contribution in [0, 0.1) is 0 Å². The van der Waals surface area contributed by atoms with Crippen LogP contribution in [0.5, 0.6) is 0 Å². The molecule has 0 fully saturated rings. The predicted molar refractivity (Wildman–Crippen MR) is 204 cm³/mol. The molecule has 0 N–H and O–H groups in total. The Bertz CT molecular complexity index is 2660. The largest absolute Gasteiger partial charge is 0.300 e. The van der Waals surface area contributed by atoms with Gasteiger partial charge >= 0.3 is 0 Å². The zero-order valence-electron chi connectivity index (χ0n) is 25.0. The van der Waals surface area contributed by atoms with Crippen molar-refractivity contribution >= 4 is 89.5 Å². The maximum absolute atomic E-state index is 14.6. The van der Waals surface area contributed by atoms with E-state index in [9.17, 15) is 9.59 Å². The van der Waals surface area contributed by atoms with Gasteiger partial charge in [0, 0.05) is 42.7 Å². The second-order valence-electron chi connectivity index (χ2n) is 11.5. The van der Waals surface area contributed by atoms with Gasteiger partial charge in [-0.3, -0.25) is 9.59 Å². The van der Waals surface area contributed by atoms with Gasteiger partial charge in [-0.2, -0.15) is 0 Å². The van der Waals surface area contributed by atoms with Gasteiger partial charge in [0.1, 0.15) is 0 Å². The van der Waals surface area contributed by atoms with E-state index in [0.717, 1.165) is 43.3 Å². The summed E-state index contributed by atoms with van der Waals surface area (Å²) in [6.45, 7) is 0. The molecule has 0 amide bonds. The number of benzene rings is 5. The highest BCUT2D eigenvalue weighted by Gasteiger charge is 2.20. The Balaban J connectivity index is 1.43. The smallest absolute Gasteiger partial charge is 0.197 e. The number of halogens is 2. The minimum atomic E-state index is -0.108. The van der Waals surface area contributed by atoms with E-state index in [-0.39, 0.29) is 10.9 Å². The molecule has 0 atom stereocenters. The van der Waals surface area contributed by atoms with Crippen molar-refractivity contribution in [2.75, 3.05) is 0 Å². The molecule has 0 saturated heterocycles. The highest BCUT2D eigenvalue weighted by atomic mass is 35.5. The maximum atomic E-state index is 14.6. The molecule has 0 aliphatic heterocycles. The van der Waals surface area contributed by atoms with Crippen LogP contribution in [0.25, 0.3) is 75.9 Å². The summed E-state index contributed by atoms with van der Waals surface area (Å²) in [6.07, 6.45) is 0. The molecule has 48 heavy (non-hydrogen) atoms. The monoisotopic (exact) mass is 696 g/mol. The Morgan fingerprint density at radius 1 is 0.438 bits per heavy atom. The molecule has 0 aliphatic carbocycles. The molecule has 0 bridgehead atoms. The topological polar surface area (TPSA) is 44.0 Å². The van der Waals surface area contributed by atoms with Gasteiger partial charge in [-0.15, -0.1) is 22.7 Å². The summed E-state index contributed by atoms with van der Waals surface area (Å²) in [5.41, 5.74) is 6.07. The van der Waals surface area contributed by atoms with Gasteiger partial charge in [0.15, 0.2) is 10.9 Å². The molecule has 4 heterocycles. The number of fused-ring (bicyclic) bond motifs is 4. The number of rotatable bonds is 4. The van der Waals surface area contributed by atoms with Crippen molar-refractivity contribution in [2.45, 2.75) is 0 Å². The summed E-state index contributed by atoms with van der Waals surface area (Å²) in [5.74, 6) is 0. The van der Waals surface area contributed by atoms with Crippen molar-refractivity contribution in [2.24, 2.45) is 0 Å². The molecule has 0 spiro atoms. The maximum Gasteiger partial charge on any atom is 0.197 e. The Kier molecular flexibility index (Phi) is 6.88. The second kappa shape index (κ2) is 11.3. The van der Waals surface area contributed by atoms with Crippen molar-refractivity contribution in [3.8, 4) is 32.3 Å². The van der Waals surface area contributed by atoms with Crippen LogP contribution in [0.15, 0.2) is 142 Å². The van der Waals surface area contributed by atoms with Crippen molar-refractivity contribution in [3.05, 3.63) is 163 Å². The Morgan fingerprint density at radius 3 is 1.25 bits per heavy atom. The minimum Gasteiger partial charge on any atom is -0.300 e. The van der Waals surface area contributed by atoms with Crippen LogP contribution < -0.4 is 10.9 Å². The fourth-order valence-corrected chi connectivity index (χ4v) is 8.68. The van der Waals surface area contributed by atoms with Gasteiger partial charge < -0.3 is 9.13 Å². The van der Waals surface area contributed by atoms with Crippen molar-refractivity contribution in [3.63, 3.8) is 0 Å². The molecule has 0 unspecified atom stereocenters. The average Bonchev–Trinajstić information content (AvgIpc) is 3.84. The highest BCUT2D eigenvalue weighted by Crippen LogP contribution is 2.36. The van der Waals surface area contributed by atoms with E-state index in [1.165, 1.54) is 0 Å². The summed E-state index contributed by atoms with van der Waals surface area (Å²) < 4.78 is 4.18. The summed E-state index contributed by atoms with van der Waals surface area (Å²) in [6, 6.07) is 38.9. The Morgan fingerprint density at radius 2 is 0.854 bits per heavy atom. The van der Waals surface area contributed by atoms with E-state index in [4.69, 9.17) is 23.2 Å². The van der Waals surface area contributed by atoms with Gasteiger partial charge in [0.25, 0.3) is 0 Å². The first-order valence-corrected chi connectivity index (χ1v) is 17.7. The second-order valence-corrected chi connectivity index (χ2v) is 14.2. The zero-order valence-corrected chi connectivity index (χ0v) is 28.1. The Labute approximate surface area is 291 Å². The molecule has 4 aromatic heterocycles. The SMILES string of the molecule is O=c1c2cc(-c3ccccc3Cl)ccc2n(-c2cccs2)c2cc3c(=O)c4cc(-c5ccccc5Cl)ccc4n(-c4cccs4)c3cc12. The summed E-state index contributed by atoms with van der Waals surface area (Å²) in [7, 11) is 0. The minimum absolute atomic E-state index is 0.108. The van der Waals surface area contributed by atoms with E-state index in [2.05, 4.69) is 9.13 Å². The quantitative estimate of drug-likeness (QED) is 0.172. The lowest BCUT2D eigenvalue weighted by molar-refractivity contribution is 1.19. The molecule has 5 aromatic carbocycles. The molecule has 8 heteroatoms. The van der Waals surface area contributed by atoms with Gasteiger partial charge in [0.2, 0.25) is 0 Å². The van der Waals surface area contributed by atoms with Gasteiger partial charge in [0.05, 0.1) is 32.1 Å². The summed E-state index contributed by atoms with van der Waals surface area (Å²) in [5, 5.41) is 9.33. The van der Waals surface area contributed by atoms with Crippen LogP contribution in [0.4, 0.5) is 0 Å². The van der Waals surface area contributed by atoms with E-state index in [1.54, 1.807) is 22.7 Å². The Hall–Kier alpha value is -4.98. The fourth-order valence-electron chi connectivity index (χ4n) is 6.68. The van der Waals surface area contributed by atoms with Crippen molar-refractivity contribution < 1.29 is 0 Å². The first kappa shape index (κ1) is 29.2. The van der Waals surface area contributed by atoms with Gasteiger partial charge in [-0.05, 0) is 94.7 Å². The number of thiophene rings is 2. The lowest BCUT2D eigenvalue weighted by Gasteiger charge is -2.18. The van der Waals surface area contributed by atoms with Crippen molar-refractivity contribution in [1.82, 2.24) is 9.13 Å². The molecule has 0 saturated carbocycles. The molecule has 0 aliphatic rings. The average molecular weight is 698 g/mol. The first-order valence-electron chi connectivity index (χ1n) is 15.2. The lowest BCUT2D eigenvalue weighted by atomic mass is 9.99. The third-order valence-electron chi connectivity index (χ3n) is 8.87. The van der Waals surface area contributed by atoms with E-state index < -0.39 is 0 Å². The van der Waals surface area contributed by atoms with E-state index in [0.29, 0.717) is 42.6 Å². The van der Waals surface area contributed by atoms with Gasteiger partial charge in [-0.1, -0.05) is 71.7 Å². The summed E-state index contributed by atoms with van der Waals surface area (Å²) >= 11 is 16.3. The number of nitrogens with zero attached hydrogens (tertiary/aromatic N) is 2. The van der Waals surface area contributed by atoms with Crippen LogP contribution in [0.3, 0.4) is 0 Å². The van der Waals surface area contributed by atoms with Crippen LogP contribution in [0.2, 0.25) is 10.0 Å². The lowest BCUT2D eigenvalue weighted by Crippen LogP contribution is -2.14. The third-order valence-corrected chi connectivity index (χ3v) is 11.2. The van der Waals surface area contributed by atoms with E-state index in [1.807, 2.05) is 132 Å². The van der Waals surface area contributed by atoms with Crippen LogP contribution >= 0.6 is 45.9 Å².